The Balaban J connectivity index is 1.90. The van der Waals surface area contributed by atoms with Crippen LogP contribution < -0.4 is 0 Å². The summed E-state index contributed by atoms with van der Waals surface area (Å²) in [6, 6.07) is 0. The molecule has 0 spiro atoms. The van der Waals surface area contributed by atoms with Gasteiger partial charge in [0.15, 0.2) is 0 Å². The number of hydrogen-bond donors (Lipinski definition) is 1. The molecule has 2 rings (SSSR count). The second-order valence-corrected chi connectivity index (χ2v) is 5.99. The van der Waals surface area contributed by atoms with E-state index in [1.807, 2.05) is 20.8 Å². The number of hydrogen-bond acceptors (Lipinski definition) is 3. The summed E-state index contributed by atoms with van der Waals surface area (Å²) in [6.45, 7) is 6.55. The lowest BCUT2D eigenvalue weighted by Gasteiger charge is -2.25. The zero-order chi connectivity index (χ0) is 13.5. The summed E-state index contributed by atoms with van der Waals surface area (Å²) < 4.78 is 5.31. The van der Waals surface area contributed by atoms with Gasteiger partial charge in [-0.3, -0.25) is 4.79 Å². The Hall–Kier alpha value is -1.52. The minimum atomic E-state index is -0.742. The first-order valence-electron chi connectivity index (χ1n) is 6.17. The first-order valence-corrected chi connectivity index (χ1v) is 6.17. The first-order chi connectivity index (χ1) is 8.26. The molecular weight excluding hydrogens is 234 g/mol. The third kappa shape index (κ3) is 2.66. The van der Waals surface area contributed by atoms with E-state index in [1.165, 1.54) is 0 Å². The molecule has 0 radical (unpaired) electrons. The molecule has 1 aliphatic heterocycles. The number of nitrogens with zero attached hydrogens (tertiary/aromatic N) is 1. The zero-order valence-electron chi connectivity index (χ0n) is 11.0. The van der Waals surface area contributed by atoms with E-state index in [4.69, 9.17) is 9.84 Å². The van der Waals surface area contributed by atoms with Crippen molar-refractivity contribution in [1.29, 1.82) is 0 Å². The Bertz CT molecular complexity index is 401. The maximum atomic E-state index is 11.9. The highest BCUT2D eigenvalue weighted by atomic mass is 16.6. The molecule has 0 bridgehead atoms. The molecule has 2 aliphatic rings. The Morgan fingerprint density at radius 2 is 1.72 bits per heavy atom. The van der Waals surface area contributed by atoms with E-state index in [-0.39, 0.29) is 12.0 Å². The number of rotatable bonds is 1. The summed E-state index contributed by atoms with van der Waals surface area (Å²) in [6.07, 6.45) is 0.831. The molecule has 0 aromatic rings. The third-order valence-corrected chi connectivity index (χ3v) is 3.25. The predicted molar refractivity (Wildman–Crippen MR) is 65.2 cm³/mol. The average Bonchev–Trinajstić information content (AvgIpc) is 2.69. The SMILES string of the molecule is CC(C)(C)OC(=O)N1CC2=C(CC(C(=O)O)C2)C1. The van der Waals surface area contributed by atoms with Gasteiger partial charge in [0.2, 0.25) is 0 Å². The molecule has 1 aliphatic carbocycles. The summed E-state index contributed by atoms with van der Waals surface area (Å²) in [7, 11) is 0. The molecule has 5 nitrogen and oxygen atoms in total. The van der Waals surface area contributed by atoms with Crippen molar-refractivity contribution >= 4 is 12.1 Å². The van der Waals surface area contributed by atoms with Crippen molar-refractivity contribution in [2.75, 3.05) is 13.1 Å². The van der Waals surface area contributed by atoms with Gasteiger partial charge in [0.05, 0.1) is 5.92 Å². The van der Waals surface area contributed by atoms with E-state index in [2.05, 4.69) is 0 Å². The molecule has 1 N–H and O–H groups in total. The molecule has 0 aromatic carbocycles. The normalized spacial score (nSPS) is 20.3. The van der Waals surface area contributed by atoms with Crippen molar-refractivity contribution in [1.82, 2.24) is 4.90 Å². The summed E-state index contributed by atoms with van der Waals surface area (Å²) in [4.78, 5) is 24.4. The fraction of sp³-hybridized carbons (Fsp3) is 0.692. The molecule has 0 saturated carbocycles. The van der Waals surface area contributed by atoms with Gasteiger partial charge in [0, 0.05) is 13.1 Å². The van der Waals surface area contributed by atoms with Crippen molar-refractivity contribution in [3.8, 4) is 0 Å². The van der Waals surface area contributed by atoms with Gasteiger partial charge in [-0.15, -0.1) is 0 Å². The van der Waals surface area contributed by atoms with Crippen molar-refractivity contribution in [2.45, 2.75) is 39.2 Å². The summed E-state index contributed by atoms with van der Waals surface area (Å²) in [5.41, 5.74) is 1.72. The third-order valence-electron chi connectivity index (χ3n) is 3.25. The van der Waals surface area contributed by atoms with Crippen molar-refractivity contribution in [3.63, 3.8) is 0 Å². The van der Waals surface area contributed by atoms with Crippen molar-refractivity contribution in [2.24, 2.45) is 5.92 Å². The monoisotopic (exact) mass is 253 g/mol. The van der Waals surface area contributed by atoms with Crippen LogP contribution in [-0.4, -0.2) is 40.8 Å². The van der Waals surface area contributed by atoms with E-state index in [0.717, 1.165) is 11.1 Å². The molecule has 1 heterocycles. The Kier molecular flexibility index (Phi) is 3.09. The van der Waals surface area contributed by atoms with Gasteiger partial charge in [0.1, 0.15) is 5.60 Å². The largest absolute Gasteiger partial charge is 0.481 e. The summed E-state index contributed by atoms with van der Waals surface area (Å²) in [5.74, 6) is -1.04. The highest BCUT2D eigenvalue weighted by Gasteiger charge is 2.37. The first kappa shape index (κ1) is 12.9. The Morgan fingerprint density at radius 3 is 2.11 bits per heavy atom. The van der Waals surface area contributed by atoms with Gasteiger partial charge < -0.3 is 14.7 Å². The van der Waals surface area contributed by atoms with Crippen LogP contribution in [0.1, 0.15) is 33.6 Å². The van der Waals surface area contributed by atoms with E-state index in [1.54, 1.807) is 4.90 Å². The van der Waals surface area contributed by atoms with Gasteiger partial charge in [-0.05, 0) is 44.8 Å². The molecular formula is C13H19NO4. The van der Waals surface area contributed by atoms with Gasteiger partial charge in [-0.25, -0.2) is 4.79 Å². The maximum absolute atomic E-state index is 11.9. The van der Waals surface area contributed by atoms with E-state index < -0.39 is 11.6 Å². The zero-order valence-corrected chi connectivity index (χ0v) is 11.0. The number of carboxylic acid groups (broad SMARTS) is 1. The van der Waals surface area contributed by atoms with E-state index >= 15 is 0 Å². The quantitative estimate of drug-likeness (QED) is 0.726. The number of carbonyl (C=O) groups excluding carboxylic acids is 1. The maximum Gasteiger partial charge on any atom is 0.410 e. The summed E-state index contributed by atoms with van der Waals surface area (Å²) in [5, 5.41) is 8.96. The number of amides is 1. The lowest BCUT2D eigenvalue weighted by atomic mass is 10.0. The van der Waals surface area contributed by atoms with Crippen LogP contribution >= 0.6 is 0 Å². The van der Waals surface area contributed by atoms with Crippen LogP contribution in [0.5, 0.6) is 0 Å². The molecule has 0 saturated heterocycles. The summed E-state index contributed by atoms with van der Waals surface area (Å²) >= 11 is 0. The Morgan fingerprint density at radius 1 is 1.22 bits per heavy atom. The molecule has 0 fully saturated rings. The standard InChI is InChI=1S/C13H19NO4/c1-13(2,3)18-12(17)14-6-9-4-8(11(15)16)5-10(9)7-14/h8H,4-7H2,1-3H3,(H,15,16). The van der Waals surface area contributed by atoms with E-state index in [9.17, 15) is 9.59 Å². The topological polar surface area (TPSA) is 66.8 Å². The van der Waals surface area contributed by atoms with Crippen LogP contribution in [0.15, 0.2) is 11.1 Å². The van der Waals surface area contributed by atoms with Crippen LogP contribution in [0.4, 0.5) is 4.79 Å². The smallest absolute Gasteiger partial charge is 0.410 e. The molecule has 0 aromatic heterocycles. The molecule has 100 valence electrons. The molecule has 0 atom stereocenters. The number of ether oxygens (including phenoxy) is 1. The highest BCUT2D eigenvalue weighted by Crippen LogP contribution is 2.37. The number of aliphatic carboxylic acids is 1. The predicted octanol–water partition coefficient (Wildman–Crippen LogP) is 2.03. The lowest BCUT2D eigenvalue weighted by molar-refractivity contribution is -0.141. The fourth-order valence-corrected chi connectivity index (χ4v) is 2.46. The van der Waals surface area contributed by atoms with Crippen molar-refractivity contribution < 1.29 is 19.4 Å². The number of likely N-dealkylation sites (tertiary alicyclic amines) is 1. The minimum Gasteiger partial charge on any atom is -0.481 e. The van der Waals surface area contributed by atoms with Crippen molar-refractivity contribution in [3.05, 3.63) is 11.1 Å². The lowest BCUT2D eigenvalue weighted by Crippen LogP contribution is -2.36. The van der Waals surface area contributed by atoms with Gasteiger partial charge in [-0.2, -0.15) is 0 Å². The van der Waals surface area contributed by atoms with E-state index in [0.29, 0.717) is 25.9 Å². The van der Waals surface area contributed by atoms with Crippen LogP contribution in [-0.2, 0) is 9.53 Å². The van der Waals surface area contributed by atoms with Crippen LogP contribution in [0.3, 0.4) is 0 Å². The second-order valence-electron chi connectivity index (χ2n) is 5.99. The highest BCUT2D eigenvalue weighted by molar-refractivity contribution is 5.74. The molecule has 0 unspecified atom stereocenters. The average molecular weight is 253 g/mol. The molecule has 5 heteroatoms. The van der Waals surface area contributed by atoms with Gasteiger partial charge >= 0.3 is 12.1 Å². The minimum absolute atomic E-state index is 0.296. The number of carbonyl (C=O) groups is 2. The van der Waals surface area contributed by atoms with Gasteiger partial charge in [0.25, 0.3) is 0 Å². The molecule has 18 heavy (non-hydrogen) atoms. The van der Waals surface area contributed by atoms with Crippen LogP contribution in [0, 0.1) is 5.92 Å². The molecule has 1 amide bonds. The number of carboxylic acids is 1. The fourth-order valence-electron chi connectivity index (χ4n) is 2.46. The van der Waals surface area contributed by atoms with Gasteiger partial charge in [-0.1, -0.05) is 0 Å². The van der Waals surface area contributed by atoms with Crippen LogP contribution in [0.25, 0.3) is 0 Å². The van der Waals surface area contributed by atoms with Crippen LogP contribution in [0.2, 0.25) is 0 Å². The second kappa shape index (κ2) is 4.30. The Labute approximate surface area is 106 Å².